The minimum Gasteiger partial charge on any atom is -0.481 e. The standard InChI is InChI=1S/C7H10O4/c1-3-6(10-3)7-4(11-7)2-5(8)9/h3-4,6-7H,2H2,1H3,(H,8,9). The quantitative estimate of drug-likeness (QED) is 0.588. The van der Waals surface area contributed by atoms with Gasteiger partial charge < -0.3 is 14.6 Å². The molecule has 0 spiro atoms. The lowest BCUT2D eigenvalue weighted by Gasteiger charge is -1.84. The van der Waals surface area contributed by atoms with Gasteiger partial charge in [0.15, 0.2) is 0 Å². The Morgan fingerprint density at radius 2 is 2.09 bits per heavy atom. The molecular weight excluding hydrogens is 148 g/mol. The molecule has 0 radical (unpaired) electrons. The van der Waals surface area contributed by atoms with Crippen LogP contribution in [0.5, 0.6) is 0 Å². The Morgan fingerprint density at radius 3 is 2.55 bits per heavy atom. The molecule has 62 valence electrons. The summed E-state index contributed by atoms with van der Waals surface area (Å²) in [5.41, 5.74) is 0. The maximum atomic E-state index is 10.2. The number of hydrogen-bond donors (Lipinski definition) is 1. The minimum absolute atomic E-state index is 0.0566. The summed E-state index contributed by atoms with van der Waals surface area (Å²) in [6.07, 6.45) is 0.499. The van der Waals surface area contributed by atoms with Crippen LogP contribution in [-0.4, -0.2) is 35.5 Å². The molecule has 0 aromatic heterocycles. The first kappa shape index (κ1) is 7.06. The van der Waals surface area contributed by atoms with Gasteiger partial charge in [-0.3, -0.25) is 4.79 Å². The monoisotopic (exact) mass is 158 g/mol. The normalized spacial score (nSPS) is 47.0. The van der Waals surface area contributed by atoms with Crippen molar-refractivity contribution in [2.75, 3.05) is 0 Å². The smallest absolute Gasteiger partial charge is 0.306 e. The van der Waals surface area contributed by atoms with E-state index in [-0.39, 0.29) is 30.8 Å². The summed E-state index contributed by atoms with van der Waals surface area (Å²) >= 11 is 0. The molecule has 2 aliphatic heterocycles. The summed E-state index contributed by atoms with van der Waals surface area (Å²) < 4.78 is 10.3. The van der Waals surface area contributed by atoms with E-state index in [0.29, 0.717) is 0 Å². The molecule has 0 aromatic rings. The fourth-order valence-corrected chi connectivity index (χ4v) is 1.33. The van der Waals surface area contributed by atoms with Crippen LogP contribution in [-0.2, 0) is 14.3 Å². The molecule has 2 saturated heterocycles. The van der Waals surface area contributed by atoms with Crippen LogP contribution in [0.3, 0.4) is 0 Å². The van der Waals surface area contributed by atoms with Gasteiger partial charge in [-0.05, 0) is 6.92 Å². The molecule has 11 heavy (non-hydrogen) atoms. The first-order valence-electron chi connectivity index (χ1n) is 3.71. The predicted molar refractivity (Wildman–Crippen MR) is 35.2 cm³/mol. The van der Waals surface area contributed by atoms with Crippen molar-refractivity contribution in [2.24, 2.45) is 0 Å². The van der Waals surface area contributed by atoms with E-state index in [1.54, 1.807) is 0 Å². The second-order valence-corrected chi connectivity index (χ2v) is 3.04. The third-order valence-electron chi connectivity index (χ3n) is 2.08. The summed E-state index contributed by atoms with van der Waals surface area (Å²) in [6, 6.07) is 0. The zero-order valence-corrected chi connectivity index (χ0v) is 6.19. The molecule has 2 fully saturated rings. The van der Waals surface area contributed by atoms with Crippen LogP contribution in [0.1, 0.15) is 13.3 Å². The zero-order valence-electron chi connectivity index (χ0n) is 6.19. The molecule has 4 atom stereocenters. The molecule has 2 rings (SSSR count). The summed E-state index contributed by atoms with van der Waals surface area (Å²) in [6.45, 7) is 1.96. The van der Waals surface area contributed by atoms with Gasteiger partial charge in [0.2, 0.25) is 0 Å². The lowest BCUT2D eigenvalue weighted by molar-refractivity contribution is -0.137. The molecule has 4 unspecified atom stereocenters. The van der Waals surface area contributed by atoms with E-state index in [2.05, 4.69) is 0 Å². The Labute approximate surface area is 64.1 Å². The number of carboxylic acid groups (broad SMARTS) is 1. The van der Waals surface area contributed by atoms with Crippen molar-refractivity contribution in [3.63, 3.8) is 0 Å². The van der Waals surface area contributed by atoms with E-state index in [1.807, 2.05) is 6.92 Å². The van der Waals surface area contributed by atoms with Crippen molar-refractivity contribution >= 4 is 5.97 Å². The lowest BCUT2D eigenvalue weighted by atomic mass is 10.2. The van der Waals surface area contributed by atoms with Crippen LogP contribution in [0, 0.1) is 0 Å². The van der Waals surface area contributed by atoms with Crippen LogP contribution in [0.25, 0.3) is 0 Å². The molecule has 0 bridgehead atoms. The zero-order chi connectivity index (χ0) is 8.01. The largest absolute Gasteiger partial charge is 0.481 e. The van der Waals surface area contributed by atoms with Crippen molar-refractivity contribution in [1.29, 1.82) is 0 Å². The van der Waals surface area contributed by atoms with Crippen LogP contribution in [0.4, 0.5) is 0 Å². The molecule has 0 aromatic carbocycles. The van der Waals surface area contributed by atoms with Gasteiger partial charge in [-0.1, -0.05) is 0 Å². The van der Waals surface area contributed by atoms with Gasteiger partial charge in [0, 0.05) is 0 Å². The number of aliphatic carboxylic acids is 1. The van der Waals surface area contributed by atoms with E-state index < -0.39 is 5.97 Å². The molecule has 4 heteroatoms. The Hall–Kier alpha value is -0.610. The van der Waals surface area contributed by atoms with Gasteiger partial charge >= 0.3 is 5.97 Å². The van der Waals surface area contributed by atoms with E-state index >= 15 is 0 Å². The van der Waals surface area contributed by atoms with Gasteiger partial charge in [-0.15, -0.1) is 0 Å². The summed E-state index contributed by atoms with van der Waals surface area (Å²) in [7, 11) is 0. The Bertz CT molecular complexity index is 191. The molecule has 4 nitrogen and oxygen atoms in total. The van der Waals surface area contributed by atoms with Crippen molar-refractivity contribution in [3.05, 3.63) is 0 Å². The first-order valence-corrected chi connectivity index (χ1v) is 3.71. The number of epoxide rings is 2. The van der Waals surface area contributed by atoms with Gasteiger partial charge in [0.25, 0.3) is 0 Å². The highest BCUT2D eigenvalue weighted by atomic mass is 16.7. The number of ether oxygens (including phenoxy) is 2. The SMILES string of the molecule is CC1OC1C1OC1CC(=O)O. The van der Waals surface area contributed by atoms with Crippen molar-refractivity contribution in [3.8, 4) is 0 Å². The maximum Gasteiger partial charge on any atom is 0.306 e. The van der Waals surface area contributed by atoms with Crippen molar-refractivity contribution in [2.45, 2.75) is 37.8 Å². The lowest BCUT2D eigenvalue weighted by Crippen LogP contribution is -2.08. The minimum atomic E-state index is -0.800. The molecule has 0 saturated carbocycles. The highest BCUT2D eigenvalue weighted by molar-refractivity contribution is 5.67. The van der Waals surface area contributed by atoms with Gasteiger partial charge in [0.05, 0.1) is 18.6 Å². The average molecular weight is 158 g/mol. The van der Waals surface area contributed by atoms with Crippen molar-refractivity contribution < 1.29 is 19.4 Å². The molecule has 0 aliphatic carbocycles. The van der Waals surface area contributed by atoms with Crippen LogP contribution >= 0.6 is 0 Å². The Kier molecular flexibility index (Phi) is 1.40. The molecule has 1 N–H and O–H groups in total. The summed E-state index contributed by atoms with van der Waals surface area (Å²) in [4.78, 5) is 10.2. The third-order valence-corrected chi connectivity index (χ3v) is 2.08. The van der Waals surface area contributed by atoms with Crippen LogP contribution in [0.2, 0.25) is 0 Å². The fourth-order valence-electron chi connectivity index (χ4n) is 1.33. The number of rotatable bonds is 3. The second kappa shape index (κ2) is 2.19. The predicted octanol–water partition coefficient (Wildman–Crippen LogP) is 0.0158. The van der Waals surface area contributed by atoms with E-state index in [1.165, 1.54) is 0 Å². The summed E-state index contributed by atoms with van der Waals surface area (Å²) in [5, 5.41) is 8.39. The molecule has 2 heterocycles. The van der Waals surface area contributed by atoms with E-state index in [9.17, 15) is 4.79 Å². The van der Waals surface area contributed by atoms with Gasteiger partial charge in [-0.25, -0.2) is 0 Å². The Morgan fingerprint density at radius 1 is 1.45 bits per heavy atom. The van der Waals surface area contributed by atoms with Crippen molar-refractivity contribution in [1.82, 2.24) is 0 Å². The average Bonchev–Trinajstić information content (AvgIpc) is 2.68. The highest BCUT2D eigenvalue weighted by Crippen LogP contribution is 2.39. The highest BCUT2D eigenvalue weighted by Gasteiger charge is 2.55. The number of carbonyl (C=O) groups is 1. The first-order chi connectivity index (χ1) is 5.18. The Balaban J connectivity index is 1.74. The van der Waals surface area contributed by atoms with E-state index in [4.69, 9.17) is 14.6 Å². The third kappa shape index (κ3) is 1.36. The van der Waals surface area contributed by atoms with E-state index in [0.717, 1.165) is 0 Å². The summed E-state index contributed by atoms with van der Waals surface area (Å²) in [5.74, 6) is -0.800. The number of carboxylic acids is 1. The fraction of sp³-hybridized carbons (Fsp3) is 0.857. The molecule has 0 amide bonds. The number of hydrogen-bond acceptors (Lipinski definition) is 3. The topological polar surface area (TPSA) is 62.4 Å². The van der Waals surface area contributed by atoms with Gasteiger partial charge in [-0.2, -0.15) is 0 Å². The molecular formula is C7H10O4. The van der Waals surface area contributed by atoms with Crippen LogP contribution < -0.4 is 0 Å². The second-order valence-electron chi connectivity index (χ2n) is 3.04. The maximum absolute atomic E-state index is 10.2. The van der Waals surface area contributed by atoms with Gasteiger partial charge in [0.1, 0.15) is 12.2 Å². The molecule has 2 aliphatic rings. The van der Waals surface area contributed by atoms with Crippen LogP contribution in [0.15, 0.2) is 0 Å².